The van der Waals surface area contributed by atoms with Gasteiger partial charge in [-0.15, -0.1) is 0 Å². The minimum atomic E-state index is -0.550. The van der Waals surface area contributed by atoms with Crippen LogP contribution in [-0.4, -0.2) is 45.2 Å². The number of rotatable bonds is 10. The Kier molecular flexibility index (Phi) is 16.1. The van der Waals surface area contributed by atoms with Gasteiger partial charge in [-0.05, 0) is 48.5 Å². The van der Waals surface area contributed by atoms with E-state index in [1.807, 2.05) is 0 Å². The molecule has 16 heteroatoms. The maximum absolute atomic E-state index is 12.9. The van der Waals surface area contributed by atoms with E-state index in [0.29, 0.717) is 16.9 Å². The molecule has 0 unspecified atom stereocenters. The minimum Gasteiger partial charge on any atom is -0.508 e. The van der Waals surface area contributed by atoms with Crippen LogP contribution in [0.25, 0.3) is 44.6 Å². The molecule has 0 spiro atoms. The molecule has 16 nitrogen and oxygen atoms in total. The Morgan fingerprint density at radius 3 is 1.43 bits per heavy atom. The van der Waals surface area contributed by atoms with Gasteiger partial charge in [-0.3, -0.25) is 33.6 Å². The van der Waals surface area contributed by atoms with Gasteiger partial charge in [0.1, 0.15) is 68.0 Å². The molecule has 0 saturated carbocycles. The van der Waals surface area contributed by atoms with Crippen LogP contribution in [0, 0.1) is 0 Å². The van der Waals surface area contributed by atoms with Crippen molar-refractivity contribution in [3.8, 4) is 57.1 Å². The summed E-state index contributed by atoms with van der Waals surface area (Å²) in [6.45, 7) is 8.24. The van der Waals surface area contributed by atoms with E-state index < -0.39 is 34.7 Å². The molecular formula is C45H42O16. The monoisotopic (exact) mass is 838 g/mol. The van der Waals surface area contributed by atoms with Gasteiger partial charge in [-0.25, -0.2) is 0 Å². The summed E-state index contributed by atoms with van der Waals surface area (Å²) in [6.07, 6.45) is 0.995. The third-order valence-corrected chi connectivity index (χ3v) is 8.21. The first-order valence-electron chi connectivity index (χ1n) is 19.0. The second kappa shape index (κ2) is 21.3. The van der Waals surface area contributed by atoms with Crippen LogP contribution in [-0.2, 0) is 28.7 Å². The van der Waals surface area contributed by atoms with Crippen molar-refractivity contribution in [2.24, 2.45) is 0 Å². The third kappa shape index (κ3) is 12.6. The number of esters is 5. The predicted octanol–water partition coefficient (Wildman–Crippen LogP) is 7.86. The van der Waals surface area contributed by atoms with Gasteiger partial charge in [0, 0.05) is 79.6 Å². The molecular weight excluding hydrogens is 796 g/mol. The minimum absolute atomic E-state index is 0.0188. The average molecular weight is 839 g/mol. The molecule has 0 radical (unpaired) electrons. The lowest BCUT2D eigenvalue weighted by atomic mass is 10.1. The first-order chi connectivity index (χ1) is 29.1. The molecule has 6 aromatic rings. The van der Waals surface area contributed by atoms with Gasteiger partial charge in [0.2, 0.25) is 0 Å². The fourth-order valence-electron chi connectivity index (χ4n) is 5.09. The van der Waals surface area contributed by atoms with E-state index in [2.05, 4.69) is 4.74 Å². The Morgan fingerprint density at radius 2 is 0.918 bits per heavy atom. The molecule has 0 amide bonds. The van der Waals surface area contributed by atoms with E-state index in [1.54, 1.807) is 71.0 Å². The van der Waals surface area contributed by atoms with E-state index in [4.69, 9.17) is 23.0 Å². The molecule has 2 aromatic heterocycles. The molecule has 0 aliphatic rings. The lowest BCUT2D eigenvalue weighted by Gasteiger charge is -2.11. The molecule has 3 N–H and O–H groups in total. The summed E-state index contributed by atoms with van der Waals surface area (Å²) in [6, 6.07) is 20.2. The van der Waals surface area contributed by atoms with E-state index >= 15 is 0 Å². The maximum Gasteiger partial charge on any atom is 0.313 e. The predicted molar refractivity (Wildman–Crippen MR) is 220 cm³/mol. The number of phenolic OH excluding ortho intramolecular Hbond substituents is 3. The summed E-state index contributed by atoms with van der Waals surface area (Å²) >= 11 is 0. The molecule has 0 aliphatic heterocycles. The van der Waals surface area contributed by atoms with E-state index in [1.165, 1.54) is 42.5 Å². The van der Waals surface area contributed by atoms with Gasteiger partial charge in [0.15, 0.2) is 10.9 Å². The number of carbonyl (C=O) groups is 5. The first kappa shape index (κ1) is 45.9. The molecule has 0 aliphatic carbocycles. The molecule has 61 heavy (non-hydrogen) atoms. The summed E-state index contributed by atoms with van der Waals surface area (Å²) in [5.74, 6) is -1.80. The van der Waals surface area contributed by atoms with Crippen molar-refractivity contribution >= 4 is 51.8 Å². The zero-order valence-electron chi connectivity index (χ0n) is 33.8. The second-order valence-electron chi connectivity index (χ2n) is 12.7. The van der Waals surface area contributed by atoms with Crippen LogP contribution in [0.2, 0.25) is 0 Å². The fraction of sp³-hybridized carbons (Fsp3) is 0.222. The van der Waals surface area contributed by atoms with Crippen LogP contribution in [0.15, 0.2) is 103 Å². The largest absolute Gasteiger partial charge is 0.508 e. The van der Waals surface area contributed by atoms with Gasteiger partial charge in [-0.1, -0.05) is 34.6 Å². The van der Waals surface area contributed by atoms with Crippen molar-refractivity contribution in [3.63, 3.8) is 0 Å². The van der Waals surface area contributed by atoms with E-state index in [0.717, 1.165) is 6.07 Å². The highest BCUT2D eigenvalue weighted by atomic mass is 16.6. The van der Waals surface area contributed by atoms with Gasteiger partial charge in [0.25, 0.3) is 0 Å². The molecule has 0 atom stereocenters. The van der Waals surface area contributed by atoms with Crippen molar-refractivity contribution < 1.29 is 67.1 Å². The van der Waals surface area contributed by atoms with Crippen LogP contribution in [0.3, 0.4) is 0 Å². The van der Waals surface area contributed by atoms with Gasteiger partial charge in [0.05, 0.1) is 0 Å². The van der Waals surface area contributed by atoms with Crippen molar-refractivity contribution in [3.05, 3.63) is 105 Å². The Morgan fingerprint density at radius 1 is 0.475 bits per heavy atom. The van der Waals surface area contributed by atoms with Crippen LogP contribution in [0.1, 0.15) is 66.7 Å². The summed E-state index contributed by atoms with van der Waals surface area (Å²) in [5.41, 5.74) is 0.502. The molecule has 0 fully saturated rings. The second-order valence-corrected chi connectivity index (χ2v) is 12.7. The SMILES string of the molecule is CCC(=O)OC(=O)CC.CCC(=O)Oc1ccc(-c2cc(=O)c3c(OC(=O)CC)cc(OC(=O)CC)cc3o2)cc1.O=c1cc(-c2ccc(O)cc2)oc2cc(O)cc(O)c12. The van der Waals surface area contributed by atoms with Crippen LogP contribution in [0.4, 0.5) is 0 Å². The van der Waals surface area contributed by atoms with Crippen LogP contribution < -0.4 is 25.1 Å². The standard InChI is InChI=1S/C24H22O8.C15H10O5.C6H10O3/c1-4-21(26)29-15-9-7-14(8-10-15)18-13-17(25)24-19(31-18)11-16(30-22(27)5-2)12-20(24)32-23(28)6-3;16-9-3-1-8(2-4-9)13-7-12(19)15-11(18)5-10(17)6-14(15)20-13;1-3-5(7)9-6(8)4-2/h7-13H,4-6H2,1-3H3;1-7,16-18H;3-4H2,1-2H3. The Balaban J connectivity index is 0.000000238. The van der Waals surface area contributed by atoms with Crippen molar-refractivity contribution in [1.82, 2.24) is 0 Å². The number of aromatic hydroxyl groups is 3. The Hall–Kier alpha value is -7.75. The summed E-state index contributed by atoms with van der Waals surface area (Å²) in [5, 5.41) is 28.4. The fourth-order valence-corrected chi connectivity index (χ4v) is 5.09. The Labute approximate surface area is 347 Å². The van der Waals surface area contributed by atoms with Gasteiger partial charge < -0.3 is 43.1 Å². The van der Waals surface area contributed by atoms with Crippen LogP contribution in [0.5, 0.6) is 34.5 Å². The number of carbonyl (C=O) groups excluding carboxylic acids is 5. The number of benzene rings is 4. The van der Waals surface area contributed by atoms with Gasteiger partial charge >= 0.3 is 29.8 Å². The number of hydrogen-bond donors (Lipinski definition) is 3. The summed E-state index contributed by atoms with van der Waals surface area (Å²) in [7, 11) is 0. The molecule has 0 saturated heterocycles. The smallest absolute Gasteiger partial charge is 0.313 e. The van der Waals surface area contributed by atoms with Crippen molar-refractivity contribution in [2.45, 2.75) is 66.7 Å². The average Bonchev–Trinajstić information content (AvgIpc) is 3.23. The normalized spacial score (nSPS) is 10.4. The summed E-state index contributed by atoms with van der Waals surface area (Å²) < 4.78 is 31.4. The maximum atomic E-state index is 12.9. The van der Waals surface area contributed by atoms with Gasteiger partial charge in [-0.2, -0.15) is 0 Å². The van der Waals surface area contributed by atoms with Crippen LogP contribution >= 0.6 is 0 Å². The number of phenols is 3. The highest BCUT2D eigenvalue weighted by molar-refractivity contribution is 5.90. The number of hydrogen-bond acceptors (Lipinski definition) is 16. The quantitative estimate of drug-likeness (QED) is 0.0675. The van der Waals surface area contributed by atoms with Crippen molar-refractivity contribution in [1.29, 1.82) is 0 Å². The number of ether oxygens (including phenoxy) is 4. The molecule has 6 rings (SSSR count). The first-order valence-corrected chi connectivity index (χ1v) is 19.0. The highest BCUT2D eigenvalue weighted by Gasteiger charge is 2.18. The lowest BCUT2D eigenvalue weighted by Crippen LogP contribution is -2.11. The highest BCUT2D eigenvalue weighted by Crippen LogP contribution is 2.34. The van der Waals surface area contributed by atoms with E-state index in [-0.39, 0.29) is 100 Å². The lowest BCUT2D eigenvalue weighted by molar-refractivity contribution is -0.159. The topological polar surface area (TPSA) is 243 Å². The molecule has 318 valence electrons. The Bertz CT molecular complexity index is 2660. The zero-order valence-corrected chi connectivity index (χ0v) is 33.8. The molecule has 0 bridgehead atoms. The van der Waals surface area contributed by atoms with E-state index in [9.17, 15) is 48.9 Å². The zero-order chi connectivity index (χ0) is 44.8. The third-order valence-electron chi connectivity index (χ3n) is 8.21. The molecule has 2 heterocycles. The van der Waals surface area contributed by atoms with Crippen molar-refractivity contribution in [2.75, 3.05) is 0 Å². The number of fused-ring (bicyclic) bond motifs is 2. The molecule has 4 aromatic carbocycles. The summed E-state index contributed by atoms with van der Waals surface area (Å²) in [4.78, 5) is 80.6.